The molecule has 0 radical (unpaired) electrons. The molecule has 1 aromatic carbocycles. The summed E-state index contributed by atoms with van der Waals surface area (Å²) in [6.45, 7) is 0.528. The van der Waals surface area contributed by atoms with Gasteiger partial charge in [0, 0.05) is 17.9 Å². The molecule has 0 amide bonds. The van der Waals surface area contributed by atoms with E-state index >= 15 is 0 Å². The maximum absolute atomic E-state index is 5.86. The minimum atomic E-state index is 0.384. The van der Waals surface area contributed by atoms with E-state index in [1.807, 2.05) is 30.0 Å². The Morgan fingerprint density at radius 3 is 2.80 bits per heavy atom. The van der Waals surface area contributed by atoms with Crippen LogP contribution in [0.15, 0.2) is 24.3 Å². The largest absolute Gasteiger partial charge is 0.488 e. The van der Waals surface area contributed by atoms with Gasteiger partial charge in [-0.25, -0.2) is 5.90 Å². The van der Waals surface area contributed by atoms with E-state index in [4.69, 9.17) is 10.6 Å². The Hall–Kier alpha value is -0.710. The molecule has 2 rings (SSSR count). The monoisotopic (exact) mass is 225 g/mol. The molecule has 0 aromatic heterocycles. The van der Waals surface area contributed by atoms with Crippen LogP contribution in [0.25, 0.3) is 0 Å². The van der Waals surface area contributed by atoms with Gasteiger partial charge in [-0.15, -0.1) is 0 Å². The molecule has 0 aliphatic carbocycles. The number of hydrogen-bond donors (Lipinski definition) is 1. The zero-order valence-electron chi connectivity index (χ0n) is 8.52. The van der Waals surface area contributed by atoms with Crippen molar-refractivity contribution in [3.05, 3.63) is 29.8 Å². The van der Waals surface area contributed by atoms with Gasteiger partial charge in [0.2, 0.25) is 0 Å². The third-order valence-corrected chi connectivity index (χ3v) is 3.58. The van der Waals surface area contributed by atoms with Gasteiger partial charge in [0.15, 0.2) is 0 Å². The predicted molar refractivity (Wildman–Crippen MR) is 62.0 cm³/mol. The summed E-state index contributed by atoms with van der Waals surface area (Å²) in [6.07, 6.45) is 1.18. The summed E-state index contributed by atoms with van der Waals surface area (Å²) in [5, 5.41) is 0. The van der Waals surface area contributed by atoms with Gasteiger partial charge in [0.25, 0.3) is 0 Å². The second kappa shape index (κ2) is 5.39. The topological polar surface area (TPSA) is 44.5 Å². The highest BCUT2D eigenvalue weighted by Gasteiger charge is 2.20. The first-order chi connectivity index (χ1) is 7.40. The van der Waals surface area contributed by atoms with Crippen LogP contribution in [0.2, 0.25) is 0 Å². The maximum atomic E-state index is 5.86. The molecular weight excluding hydrogens is 210 g/mol. The highest BCUT2D eigenvalue weighted by molar-refractivity contribution is 8.00. The van der Waals surface area contributed by atoms with Crippen LogP contribution in [0, 0.1) is 0 Å². The van der Waals surface area contributed by atoms with Crippen LogP contribution in [0.1, 0.15) is 5.56 Å². The highest BCUT2D eigenvalue weighted by Crippen LogP contribution is 2.26. The van der Waals surface area contributed by atoms with Crippen molar-refractivity contribution in [3.8, 4) is 5.75 Å². The Kier molecular flexibility index (Phi) is 3.88. The molecule has 4 heteroatoms. The van der Waals surface area contributed by atoms with Gasteiger partial charge in [-0.2, -0.15) is 11.8 Å². The highest BCUT2D eigenvalue weighted by atomic mass is 32.2. The van der Waals surface area contributed by atoms with Crippen LogP contribution in [-0.2, 0) is 11.3 Å². The number of thioether (sulfide) groups is 1. The molecule has 1 heterocycles. The van der Waals surface area contributed by atoms with E-state index in [1.54, 1.807) is 0 Å². The molecule has 1 saturated heterocycles. The Morgan fingerprint density at radius 1 is 1.33 bits per heavy atom. The van der Waals surface area contributed by atoms with Gasteiger partial charge in [-0.3, -0.25) is 0 Å². The fourth-order valence-corrected chi connectivity index (χ4v) is 2.02. The minimum absolute atomic E-state index is 0.384. The van der Waals surface area contributed by atoms with E-state index in [2.05, 4.69) is 10.9 Å². The zero-order chi connectivity index (χ0) is 10.5. The summed E-state index contributed by atoms with van der Waals surface area (Å²) in [5.74, 6) is 8.19. The van der Waals surface area contributed by atoms with Crippen molar-refractivity contribution >= 4 is 11.8 Å². The summed E-state index contributed by atoms with van der Waals surface area (Å²) in [5.41, 5.74) is 1.17. The van der Waals surface area contributed by atoms with Gasteiger partial charge < -0.3 is 9.57 Å². The SMILES string of the molecule is NOCCc1ccccc1OC1CSC1. The average Bonchev–Trinajstić information content (AvgIpc) is 2.22. The molecule has 15 heavy (non-hydrogen) atoms. The van der Waals surface area contributed by atoms with Crippen LogP contribution in [0.5, 0.6) is 5.75 Å². The van der Waals surface area contributed by atoms with E-state index in [1.165, 1.54) is 5.56 Å². The summed E-state index contributed by atoms with van der Waals surface area (Å²) < 4.78 is 5.86. The van der Waals surface area contributed by atoms with Crippen molar-refractivity contribution in [3.63, 3.8) is 0 Å². The van der Waals surface area contributed by atoms with Crippen molar-refractivity contribution in [2.24, 2.45) is 5.90 Å². The van der Waals surface area contributed by atoms with Gasteiger partial charge in [-0.05, 0) is 11.6 Å². The number of rotatable bonds is 5. The molecule has 0 unspecified atom stereocenters. The normalized spacial score (nSPS) is 16.1. The van der Waals surface area contributed by atoms with Crippen molar-refractivity contribution in [1.29, 1.82) is 0 Å². The van der Waals surface area contributed by atoms with Crippen LogP contribution >= 0.6 is 11.8 Å². The lowest BCUT2D eigenvalue weighted by Gasteiger charge is -2.27. The second-order valence-corrected chi connectivity index (χ2v) is 4.58. The smallest absolute Gasteiger partial charge is 0.123 e. The fourth-order valence-electron chi connectivity index (χ4n) is 1.46. The fraction of sp³-hybridized carbons (Fsp3) is 0.455. The summed E-state index contributed by atoms with van der Waals surface area (Å²) in [4.78, 5) is 4.59. The first-order valence-corrected chi connectivity index (χ1v) is 6.19. The van der Waals surface area contributed by atoms with Crippen LogP contribution in [0.4, 0.5) is 0 Å². The summed E-state index contributed by atoms with van der Waals surface area (Å²) in [7, 11) is 0. The van der Waals surface area contributed by atoms with E-state index in [-0.39, 0.29) is 0 Å². The lowest BCUT2D eigenvalue weighted by molar-refractivity contribution is 0.140. The lowest BCUT2D eigenvalue weighted by Crippen LogP contribution is -2.31. The van der Waals surface area contributed by atoms with E-state index in [0.29, 0.717) is 12.7 Å². The standard InChI is InChI=1S/C11H15NO2S/c12-13-6-5-9-3-1-2-4-11(9)14-10-7-15-8-10/h1-4,10H,5-8,12H2. The predicted octanol–water partition coefficient (Wildman–Crippen LogP) is 1.61. The van der Waals surface area contributed by atoms with Crippen LogP contribution < -0.4 is 10.6 Å². The molecule has 2 N–H and O–H groups in total. The number of benzene rings is 1. The number of ether oxygens (including phenoxy) is 1. The Balaban J connectivity index is 1.99. The Bertz CT molecular complexity index is 315. The molecule has 3 nitrogen and oxygen atoms in total. The molecule has 1 aliphatic heterocycles. The molecular formula is C11H15NO2S. The molecule has 0 bridgehead atoms. The van der Waals surface area contributed by atoms with Gasteiger partial charge in [0.1, 0.15) is 11.9 Å². The van der Waals surface area contributed by atoms with E-state index in [0.717, 1.165) is 23.7 Å². The number of hydrogen-bond acceptors (Lipinski definition) is 4. The second-order valence-electron chi connectivity index (χ2n) is 3.51. The first-order valence-electron chi connectivity index (χ1n) is 5.04. The van der Waals surface area contributed by atoms with Crippen LogP contribution in [0.3, 0.4) is 0 Å². The molecule has 1 aromatic rings. The lowest BCUT2D eigenvalue weighted by atomic mass is 10.1. The maximum Gasteiger partial charge on any atom is 0.123 e. The summed E-state index contributed by atoms with van der Waals surface area (Å²) >= 11 is 1.92. The molecule has 82 valence electrons. The van der Waals surface area contributed by atoms with Gasteiger partial charge >= 0.3 is 0 Å². The summed E-state index contributed by atoms with van der Waals surface area (Å²) in [6, 6.07) is 8.07. The Morgan fingerprint density at radius 2 is 2.13 bits per heavy atom. The number of nitrogens with two attached hydrogens (primary N) is 1. The third-order valence-electron chi connectivity index (χ3n) is 2.36. The van der Waals surface area contributed by atoms with Crippen molar-refractivity contribution in [2.75, 3.05) is 18.1 Å². The molecule has 0 saturated carbocycles. The Labute approximate surface area is 93.9 Å². The molecule has 1 aliphatic rings. The quantitative estimate of drug-likeness (QED) is 0.773. The minimum Gasteiger partial charge on any atom is -0.488 e. The van der Waals surface area contributed by atoms with Crippen molar-refractivity contribution in [1.82, 2.24) is 0 Å². The van der Waals surface area contributed by atoms with Crippen molar-refractivity contribution in [2.45, 2.75) is 12.5 Å². The van der Waals surface area contributed by atoms with Crippen LogP contribution in [-0.4, -0.2) is 24.2 Å². The molecule has 0 spiro atoms. The number of para-hydroxylation sites is 1. The van der Waals surface area contributed by atoms with Gasteiger partial charge in [-0.1, -0.05) is 18.2 Å². The van der Waals surface area contributed by atoms with Gasteiger partial charge in [0.05, 0.1) is 6.61 Å². The third kappa shape index (κ3) is 2.87. The van der Waals surface area contributed by atoms with Crippen molar-refractivity contribution < 1.29 is 9.57 Å². The molecule has 0 atom stereocenters. The first kappa shape index (κ1) is 10.8. The van der Waals surface area contributed by atoms with E-state index in [9.17, 15) is 0 Å². The average molecular weight is 225 g/mol. The van der Waals surface area contributed by atoms with E-state index < -0.39 is 0 Å². The molecule has 1 fully saturated rings. The zero-order valence-corrected chi connectivity index (χ0v) is 9.33.